The van der Waals surface area contributed by atoms with Crippen molar-refractivity contribution in [3.8, 4) is 5.75 Å². The number of fused-ring (bicyclic) bond motifs is 1. The lowest BCUT2D eigenvalue weighted by molar-refractivity contribution is -0.0367. The Balaban J connectivity index is 1.67. The standard InChI is InChI=1S/C21H21Cl2N3O2/c1-3-18-15-10-14(28-13(2)21-16(22)11-24-12-17(21)23)7-8-19(15)26(25-18)20-6-4-5-9-27-20/h3,7-8,10-13,20H,1,4-6,9H2,2H3/t13-,20?/m1/s1. The lowest BCUT2D eigenvalue weighted by Crippen LogP contribution is -2.19. The quantitative estimate of drug-likeness (QED) is 0.494. The highest BCUT2D eigenvalue weighted by molar-refractivity contribution is 6.35. The molecule has 5 nitrogen and oxygen atoms in total. The van der Waals surface area contributed by atoms with E-state index in [4.69, 9.17) is 37.8 Å². The van der Waals surface area contributed by atoms with Crippen LogP contribution in [0.25, 0.3) is 17.0 Å². The molecule has 0 amide bonds. The zero-order valence-electron chi connectivity index (χ0n) is 15.6. The zero-order valence-corrected chi connectivity index (χ0v) is 17.1. The molecule has 4 rings (SSSR count). The van der Waals surface area contributed by atoms with Crippen LogP contribution in [0.5, 0.6) is 5.75 Å². The summed E-state index contributed by atoms with van der Waals surface area (Å²) in [5, 5.41) is 6.64. The van der Waals surface area contributed by atoms with Crippen molar-refractivity contribution in [1.29, 1.82) is 0 Å². The number of hydrogen-bond acceptors (Lipinski definition) is 4. The molecule has 1 unspecified atom stereocenters. The van der Waals surface area contributed by atoms with Crippen LogP contribution in [0.1, 0.15) is 49.8 Å². The molecule has 28 heavy (non-hydrogen) atoms. The Hall–Kier alpha value is -2.08. The Labute approximate surface area is 173 Å². The first kappa shape index (κ1) is 19.2. The molecule has 2 atom stereocenters. The molecular weight excluding hydrogens is 397 g/mol. The summed E-state index contributed by atoms with van der Waals surface area (Å²) in [5.41, 5.74) is 2.53. The molecule has 3 aromatic rings. The molecule has 0 saturated carbocycles. The molecule has 1 saturated heterocycles. The van der Waals surface area contributed by atoms with E-state index >= 15 is 0 Å². The molecule has 0 radical (unpaired) electrons. The molecular formula is C21H21Cl2N3O2. The van der Waals surface area contributed by atoms with Crippen LogP contribution in [0.2, 0.25) is 10.0 Å². The third-order valence-corrected chi connectivity index (χ3v) is 5.54. The highest BCUT2D eigenvalue weighted by atomic mass is 35.5. The number of benzene rings is 1. The second-order valence-corrected chi connectivity index (χ2v) is 7.63. The van der Waals surface area contributed by atoms with E-state index in [1.165, 1.54) is 0 Å². The second-order valence-electron chi connectivity index (χ2n) is 6.81. The summed E-state index contributed by atoms with van der Waals surface area (Å²) in [6.45, 7) is 6.57. The lowest BCUT2D eigenvalue weighted by atomic mass is 10.1. The molecule has 0 N–H and O–H groups in total. The average molecular weight is 418 g/mol. The molecule has 0 aliphatic carbocycles. The number of aromatic nitrogens is 3. The summed E-state index contributed by atoms with van der Waals surface area (Å²) >= 11 is 12.5. The number of pyridine rings is 1. The SMILES string of the molecule is C=Cc1nn(C2CCCCO2)c2ccc(O[C@H](C)c3c(Cl)cncc3Cl)cc12. The highest BCUT2D eigenvalue weighted by Gasteiger charge is 2.21. The van der Waals surface area contributed by atoms with Crippen LogP contribution in [0.15, 0.2) is 37.2 Å². The highest BCUT2D eigenvalue weighted by Crippen LogP contribution is 2.35. The Morgan fingerprint density at radius 3 is 2.75 bits per heavy atom. The van der Waals surface area contributed by atoms with Gasteiger partial charge in [-0.25, -0.2) is 4.68 Å². The van der Waals surface area contributed by atoms with Crippen molar-refractivity contribution in [1.82, 2.24) is 14.8 Å². The maximum Gasteiger partial charge on any atom is 0.150 e. The summed E-state index contributed by atoms with van der Waals surface area (Å²) in [6.07, 6.45) is 7.72. The summed E-state index contributed by atoms with van der Waals surface area (Å²) in [7, 11) is 0. The monoisotopic (exact) mass is 417 g/mol. The van der Waals surface area contributed by atoms with Gasteiger partial charge in [0, 0.05) is 30.0 Å². The van der Waals surface area contributed by atoms with E-state index < -0.39 is 0 Å². The molecule has 3 heterocycles. The molecule has 0 bridgehead atoms. The largest absolute Gasteiger partial charge is 0.486 e. The fourth-order valence-corrected chi connectivity index (χ4v) is 4.25. The van der Waals surface area contributed by atoms with E-state index in [0.717, 1.165) is 42.5 Å². The van der Waals surface area contributed by atoms with Crippen LogP contribution in [0, 0.1) is 0 Å². The van der Waals surface area contributed by atoms with Gasteiger partial charge in [-0.2, -0.15) is 5.10 Å². The average Bonchev–Trinajstić information content (AvgIpc) is 3.06. The smallest absolute Gasteiger partial charge is 0.150 e. The first-order valence-corrected chi connectivity index (χ1v) is 10.1. The molecule has 2 aromatic heterocycles. The normalized spacial score (nSPS) is 18.2. The number of halogens is 2. The molecule has 1 aliphatic rings. The third-order valence-electron chi connectivity index (χ3n) is 4.94. The predicted molar refractivity (Wildman–Crippen MR) is 112 cm³/mol. The molecule has 0 spiro atoms. The fourth-order valence-electron chi connectivity index (χ4n) is 3.58. The summed E-state index contributed by atoms with van der Waals surface area (Å²) in [6, 6.07) is 5.90. The van der Waals surface area contributed by atoms with Gasteiger partial charge in [-0.05, 0) is 50.5 Å². The van der Waals surface area contributed by atoms with Gasteiger partial charge in [-0.3, -0.25) is 4.98 Å². The number of ether oxygens (including phenoxy) is 2. The minimum atomic E-state index is -0.329. The zero-order chi connectivity index (χ0) is 19.7. The lowest BCUT2D eigenvalue weighted by Gasteiger charge is -2.23. The van der Waals surface area contributed by atoms with Gasteiger partial charge in [0.05, 0.1) is 21.3 Å². The van der Waals surface area contributed by atoms with Crippen LogP contribution >= 0.6 is 23.2 Å². The summed E-state index contributed by atoms with van der Waals surface area (Å²) < 4.78 is 14.0. The topological polar surface area (TPSA) is 49.2 Å². The van der Waals surface area contributed by atoms with E-state index in [0.29, 0.717) is 21.4 Å². The second kappa shape index (κ2) is 8.11. The van der Waals surface area contributed by atoms with Crippen molar-refractivity contribution in [3.63, 3.8) is 0 Å². The van der Waals surface area contributed by atoms with Crippen molar-refractivity contribution >= 4 is 40.2 Å². The summed E-state index contributed by atoms with van der Waals surface area (Å²) in [5.74, 6) is 0.705. The van der Waals surface area contributed by atoms with Gasteiger partial charge in [0.1, 0.15) is 11.9 Å². The Morgan fingerprint density at radius 1 is 1.29 bits per heavy atom. The fraction of sp³-hybridized carbons (Fsp3) is 0.333. The van der Waals surface area contributed by atoms with Crippen molar-refractivity contribution in [2.24, 2.45) is 0 Å². The minimum Gasteiger partial charge on any atom is -0.486 e. The van der Waals surface area contributed by atoms with E-state index in [-0.39, 0.29) is 12.3 Å². The van der Waals surface area contributed by atoms with Crippen molar-refractivity contribution in [3.05, 3.63) is 58.5 Å². The number of rotatable bonds is 5. The molecule has 146 valence electrons. The van der Waals surface area contributed by atoms with Gasteiger partial charge >= 0.3 is 0 Å². The van der Waals surface area contributed by atoms with Crippen molar-refractivity contribution in [2.45, 2.75) is 38.5 Å². The third kappa shape index (κ3) is 3.62. The number of nitrogens with zero attached hydrogens (tertiary/aromatic N) is 3. The van der Waals surface area contributed by atoms with E-state index in [2.05, 4.69) is 11.6 Å². The van der Waals surface area contributed by atoms with Crippen LogP contribution in [0.4, 0.5) is 0 Å². The molecule has 1 fully saturated rings. The number of hydrogen-bond donors (Lipinski definition) is 0. The molecule has 7 heteroatoms. The van der Waals surface area contributed by atoms with Gasteiger partial charge in [0.2, 0.25) is 0 Å². The predicted octanol–water partition coefficient (Wildman–Crippen LogP) is 6.22. The van der Waals surface area contributed by atoms with Crippen LogP contribution in [-0.4, -0.2) is 21.4 Å². The first-order chi connectivity index (χ1) is 13.6. The van der Waals surface area contributed by atoms with Crippen molar-refractivity contribution in [2.75, 3.05) is 6.61 Å². The minimum absolute atomic E-state index is 0.0370. The maximum atomic E-state index is 6.26. The van der Waals surface area contributed by atoms with Crippen molar-refractivity contribution < 1.29 is 9.47 Å². The molecule has 1 aromatic carbocycles. The van der Waals surface area contributed by atoms with E-state index in [1.54, 1.807) is 18.5 Å². The van der Waals surface area contributed by atoms with E-state index in [1.807, 2.05) is 29.8 Å². The van der Waals surface area contributed by atoms with Gasteiger partial charge in [-0.1, -0.05) is 29.8 Å². The van der Waals surface area contributed by atoms with Crippen LogP contribution < -0.4 is 4.74 Å². The first-order valence-electron chi connectivity index (χ1n) is 9.30. The Kier molecular flexibility index (Phi) is 5.58. The Bertz CT molecular complexity index is 992. The van der Waals surface area contributed by atoms with Gasteiger partial charge in [0.15, 0.2) is 6.23 Å². The Morgan fingerprint density at radius 2 is 2.07 bits per heavy atom. The van der Waals surface area contributed by atoms with Gasteiger partial charge in [-0.15, -0.1) is 0 Å². The maximum absolute atomic E-state index is 6.26. The van der Waals surface area contributed by atoms with E-state index in [9.17, 15) is 0 Å². The van der Waals surface area contributed by atoms with Crippen LogP contribution in [0.3, 0.4) is 0 Å². The van der Waals surface area contributed by atoms with Gasteiger partial charge in [0.25, 0.3) is 0 Å². The van der Waals surface area contributed by atoms with Gasteiger partial charge < -0.3 is 9.47 Å². The summed E-state index contributed by atoms with van der Waals surface area (Å²) in [4.78, 5) is 3.99. The molecule has 1 aliphatic heterocycles. The van der Waals surface area contributed by atoms with Crippen LogP contribution in [-0.2, 0) is 4.74 Å².